The number of benzene rings is 3. The lowest BCUT2D eigenvalue weighted by atomic mass is 10.0. The van der Waals surface area contributed by atoms with Crippen LogP contribution >= 0.6 is 0 Å². The van der Waals surface area contributed by atoms with E-state index in [0.717, 1.165) is 66.1 Å². The summed E-state index contributed by atoms with van der Waals surface area (Å²) in [4.78, 5) is 27.5. The molecular weight excluding hydrogens is 432 g/mol. The van der Waals surface area contributed by atoms with E-state index < -0.39 is 0 Å². The summed E-state index contributed by atoms with van der Waals surface area (Å²) in [6.45, 7) is 9.20. The van der Waals surface area contributed by atoms with E-state index in [-0.39, 0.29) is 5.91 Å². The highest BCUT2D eigenvalue weighted by atomic mass is 16.2. The molecule has 0 atom stereocenters. The van der Waals surface area contributed by atoms with Gasteiger partial charge < -0.3 is 9.80 Å². The number of hydrogen-bond acceptors (Lipinski definition) is 4. The Morgan fingerprint density at radius 1 is 0.829 bits per heavy atom. The molecule has 1 aliphatic rings. The van der Waals surface area contributed by atoms with Gasteiger partial charge >= 0.3 is 0 Å². The molecule has 0 unspecified atom stereocenters. The predicted molar refractivity (Wildman–Crippen MR) is 142 cm³/mol. The van der Waals surface area contributed by atoms with Crippen LogP contribution < -0.4 is 4.90 Å². The molecule has 5 heteroatoms. The molecule has 0 spiro atoms. The second kappa shape index (κ2) is 9.87. The van der Waals surface area contributed by atoms with Crippen LogP contribution in [0.1, 0.15) is 45.0 Å². The first-order valence-corrected chi connectivity index (χ1v) is 12.4. The molecular formula is C30H32N4O. The van der Waals surface area contributed by atoms with Crippen molar-refractivity contribution in [2.75, 3.05) is 31.1 Å². The lowest BCUT2D eigenvalue weighted by Gasteiger charge is -2.26. The average Bonchev–Trinajstić information content (AvgIpc) is 3.12. The van der Waals surface area contributed by atoms with Gasteiger partial charge in [0.2, 0.25) is 0 Å². The molecule has 4 aromatic rings. The normalized spacial score (nSPS) is 14.3. The zero-order valence-electron chi connectivity index (χ0n) is 20.8. The number of nitrogens with zero attached hydrogens (tertiary/aromatic N) is 4. The Balaban J connectivity index is 1.39. The summed E-state index contributed by atoms with van der Waals surface area (Å²) in [6.07, 6.45) is 1.71. The van der Waals surface area contributed by atoms with Crippen LogP contribution in [0.4, 0.5) is 5.82 Å². The molecule has 5 nitrogen and oxygen atoms in total. The average molecular weight is 465 g/mol. The van der Waals surface area contributed by atoms with E-state index in [9.17, 15) is 4.79 Å². The fourth-order valence-corrected chi connectivity index (χ4v) is 5.01. The molecule has 2 heterocycles. The van der Waals surface area contributed by atoms with Crippen molar-refractivity contribution >= 4 is 22.5 Å². The summed E-state index contributed by atoms with van der Waals surface area (Å²) in [7, 11) is 0. The summed E-state index contributed by atoms with van der Waals surface area (Å²) in [5.41, 5.74) is 5.50. The molecule has 5 rings (SSSR count). The van der Waals surface area contributed by atoms with Crippen LogP contribution in [0.3, 0.4) is 0 Å². The third-order valence-electron chi connectivity index (χ3n) is 6.91. The summed E-state index contributed by atoms with van der Waals surface area (Å²) in [6, 6.07) is 22.8. The first kappa shape index (κ1) is 23.0. The second-order valence-corrected chi connectivity index (χ2v) is 9.48. The lowest BCUT2D eigenvalue weighted by molar-refractivity contribution is 0.0769. The molecule has 35 heavy (non-hydrogen) atoms. The Bertz CT molecular complexity index is 1360. The van der Waals surface area contributed by atoms with Gasteiger partial charge in [-0.15, -0.1) is 0 Å². The number of anilines is 1. The van der Waals surface area contributed by atoms with E-state index in [2.05, 4.69) is 60.1 Å². The number of aryl methyl sites for hydroxylation is 3. The maximum atomic E-state index is 13.5. The van der Waals surface area contributed by atoms with E-state index in [4.69, 9.17) is 4.98 Å². The van der Waals surface area contributed by atoms with Gasteiger partial charge in [-0.1, -0.05) is 66.2 Å². The van der Waals surface area contributed by atoms with Crippen molar-refractivity contribution in [3.8, 4) is 0 Å². The van der Waals surface area contributed by atoms with Gasteiger partial charge in [-0.3, -0.25) is 4.79 Å². The van der Waals surface area contributed by atoms with Crippen molar-refractivity contribution in [3.05, 3.63) is 101 Å². The van der Waals surface area contributed by atoms with Gasteiger partial charge in [0, 0.05) is 49.4 Å². The van der Waals surface area contributed by atoms with Crippen LogP contribution in [0.2, 0.25) is 0 Å². The number of amides is 1. The van der Waals surface area contributed by atoms with Crippen LogP contribution in [-0.2, 0) is 6.42 Å². The topological polar surface area (TPSA) is 49.3 Å². The largest absolute Gasteiger partial charge is 0.354 e. The van der Waals surface area contributed by atoms with Crippen LogP contribution in [-0.4, -0.2) is 47.0 Å². The second-order valence-electron chi connectivity index (χ2n) is 9.48. The molecule has 0 saturated carbocycles. The highest BCUT2D eigenvalue weighted by Crippen LogP contribution is 2.26. The summed E-state index contributed by atoms with van der Waals surface area (Å²) < 4.78 is 0. The molecule has 0 radical (unpaired) electrons. The molecule has 178 valence electrons. The van der Waals surface area contributed by atoms with Crippen LogP contribution in [0.15, 0.2) is 66.7 Å². The van der Waals surface area contributed by atoms with E-state index in [1.54, 1.807) is 0 Å². The van der Waals surface area contributed by atoms with E-state index in [1.165, 1.54) is 16.7 Å². The number of aromatic nitrogens is 2. The van der Waals surface area contributed by atoms with Gasteiger partial charge in [-0.2, -0.15) is 0 Å². The highest BCUT2D eigenvalue weighted by molar-refractivity contribution is 6.07. The van der Waals surface area contributed by atoms with Gasteiger partial charge in [-0.25, -0.2) is 9.97 Å². The molecule has 0 N–H and O–H groups in total. The van der Waals surface area contributed by atoms with Gasteiger partial charge in [0.1, 0.15) is 11.6 Å². The maximum absolute atomic E-state index is 13.5. The fourth-order valence-electron chi connectivity index (χ4n) is 5.01. The van der Waals surface area contributed by atoms with E-state index >= 15 is 0 Å². The summed E-state index contributed by atoms with van der Waals surface area (Å²) >= 11 is 0. The van der Waals surface area contributed by atoms with E-state index in [0.29, 0.717) is 6.54 Å². The molecule has 1 fully saturated rings. The molecule has 0 bridgehead atoms. The smallest absolute Gasteiger partial charge is 0.254 e. The SMILES string of the molecule is Cc1ccc(Cc2c(C)nc(C)nc2N2CCCN(C(=O)c3cccc4ccccc34)CC2)cc1. The third-order valence-corrected chi connectivity index (χ3v) is 6.91. The Morgan fingerprint density at radius 2 is 1.60 bits per heavy atom. The minimum Gasteiger partial charge on any atom is -0.354 e. The molecule has 1 aromatic heterocycles. The minimum absolute atomic E-state index is 0.110. The quantitative estimate of drug-likeness (QED) is 0.400. The van der Waals surface area contributed by atoms with Gasteiger partial charge in [-0.05, 0) is 49.6 Å². The zero-order chi connectivity index (χ0) is 24.4. The number of hydrogen-bond donors (Lipinski definition) is 0. The number of carbonyl (C=O) groups excluding carboxylic acids is 1. The van der Waals surface area contributed by atoms with Gasteiger partial charge in [0.15, 0.2) is 0 Å². The predicted octanol–water partition coefficient (Wildman–Crippen LogP) is 5.50. The van der Waals surface area contributed by atoms with Gasteiger partial charge in [0.25, 0.3) is 5.91 Å². The van der Waals surface area contributed by atoms with E-state index in [1.807, 2.05) is 42.2 Å². The Kier molecular flexibility index (Phi) is 6.49. The lowest BCUT2D eigenvalue weighted by Crippen LogP contribution is -2.36. The zero-order valence-corrected chi connectivity index (χ0v) is 20.8. The first-order valence-electron chi connectivity index (χ1n) is 12.4. The maximum Gasteiger partial charge on any atom is 0.254 e. The summed E-state index contributed by atoms with van der Waals surface area (Å²) in [5.74, 6) is 1.91. The highest BCUT2D eigenvalue weighted by Gasteiger charge is 2.24. The van der Waals surface area contributed by atoms with Crippen LogP contribution in [0.5, 0.6) is 0 Å². The fraction of sp³-hybridized carbons (Fsp3) is 0.300. The Morgan fingerprint density at radius 3 is 2.43 bits per heavy atom. The molecule has 0 aliphatic carbocycles. The van der Waals surface area contributed by atoms with Crippen LogP contribution in [0, 0.1) is 20.8 Å². The number of carbonyl (C=O) groups is 1. The van der Waals surface area contributed by atoms with Crippen LogP contribution in [0.25, 0.3) is 10.8 Å². The monoisotopic (exact) mass is 464 g/mol. The minimum atomic E-state index is 0.110. The van der Waals surface area contributed by atoms with Crippen molar-refractivity contribution in [2.45, 2.75) is 33.6 Å². The first-order chi connectivity index (χ1) is 17.0. The standard InChI is InChI=1S/C30H32N4O/c1-21-12-14-24(15-13-21)20-28-22(2)31-23(3)32-29(28)33-16-7-17-34(19-18-33)30(35)27-11-6-9-25-8-4-5-10-26(25)27/h4-6,8-15H,7,16-20H2,1-3H3. The number of rotatable bonds is 4. The van der Waals surface area contributed by atoms with Crippen molar-refractivity contribution < 1.29 is 4.79 Å². The van der Waals surface area contributed by atoms with Crippen molar-refractivity contribution in [1.82, 2.24) is 14.9 Å². The summed E-state index contributed by atoms with van der Waals surface area (Å²) in [5, 5.41) is 2.12. The van der Waals surface area contributed by atoms with Crippen molar-refractivity contribution in [1.29, 1.82) is 0 Å². The number of fused-ring (bicyclic) bond motifs is 1. The molecule has 1 saturated heterocycles. The third kappa shape index (κ3) is 4.90. The Labute approximate surface area is 207 Å². The Hall–Kier alpha value is -3.73. The molecule has 3 aromatic carbocycles. The van der Waals surface area contributed by atoms with Gasteiger partial charge in [0.05, 0.1) is 0 Å². The van der Waals surface area contributed by atoms with Crippen molar-refractivity contribution in [2.24, 2.45) is 0 Å². The van der Waals surface area contributed by atoms with Crippen molar-refractivity contribution in [3.63, 3.8) is 0 Å². The molecule has 1 aliphatic heterocycles. The molecule has 1 amide bonds.